The van der Waals surface area contributed by atoms with Gasteiger partial charge in [-0.05, 0) is 37.9 Å². The van der Waals surface area contributed by atoms with E-state index in [0.717, 1.165) is 24.9 Å². The zero-order valence-electron chi connectivity index (χ0n) is 9.80. The second kappa shape index (κ2) is 5.26. The molecule has 2 heteroatoms. The first-order chi connectivity index (χ1) is 7.81. The van der Waals surface area contributed by atoms with Gasteiger partial charge in [-0.3, -0.25) is 0 Å². The molecule has 0 aromatic heterocycles. The molecule has 0 amide bonds. The molecule has 1 fully saturated rings. The third-order valence-corrected chi connectivity index (χ3v) is 3.50. The smallest absolute Gasteiger partial charge is 0.127 e. The molecule has 16 heavy (non-hydrogen) atoms. The second-order valence-corrected chi connectivity index (χ2v) is 4.74. The largest absolute Gasteiger partial charge is 0.306 e. The molecular formula is C14H19NO. The Labute approximate surface area is 97.3 Å². The van der Waals surface area contributed by atoms with Crippen LogP contribution in [-0.2, 0) is 4.79 Å². The number of carbonyl (C=O) groups excluding carboxylic acids is 1. The normalized spacial score (nSPS) is 23.9. The second-order valence-electron chi connectivity index (χ2n) is 4.74. The number of carbonyl (C=O) groups is 1. The van der Waals surface area contributed by atoms with Crippen molar-refractivity contribution in [3.8, 4) is 0 Å². The summed E-state index contributed by atoms with van der Waals surface area (Å²) >= 11 is 0. The van der Waals surface area contributed by atoms with Gasteiger partial charge in [0.15, 0.2) is 0 Å². The Kier molecular flexibility index (Phi) is 3.73. The molecule has 0 spiro atoms. The van der Waals surface area contributed by atoms with Gasteiger partial charge in [-0.2, -0.15) is 0 Å². The topological polar surface area (TPSA) is 20.3 Å². The van der Waals surface area contributed by atoms with E-state index in [1.807, 2.05) is 18.2 Å². The number of aldehydes is 1. The van der Waals surface area contributed by atoms with E-state index in [1.54, 1.807) is 0 Å². The number of piperidine rings is 1. The molecule has 2 atom stereocenters. The molecular weight excluding hydrogens is 198 g/mol. The van der Waals surface area contributed by atoms with Crippen molar-refractivity contribution in [3.05, 3.63) is 35.9 Å². The van der Waals surface area contributed by atoms with Gasteiger partial charge < -0.3 is 9.69 Å². The third kappa shape index (κ3) is 2.50. The fourth-order valence-electron chi connectivity index (χ4n) is 2.64. The van der Waals surface area contributed by atoms with Gasteiger partial charge in [0.2, 0.25) is 0 Å². The van der Waals surface area contributed by atoms with E-state index in [0.29, 0.717) is 5.92 Å². The lowest BCUT2D eigenvalue weighted by Crippen LogP contribution is -2.35. The number of hydrogen-bond acceptors (Lipinski definition) is 2. The maximum Gasteiger partial charge on any atom is 0.127 e. The lowest BCUT2D eigenvalue weighted by molar-refractivity contribution is -0.110. The monoisotopic (exact) mass is 217 g/mol. The SMILES string of the molecule is CN1CCCC(C(C=O)c2ccccc2)C1. The van der Waals surface area contributed by atoms with Crippen LogP contribution in [0.4, 0.5) is 0 Å². The molecule has 2 nitrogen and oxygen atoms in total. The summed E-state index contributed by atoms with van der Waals surface area (Å²) in [5, 5.41) is 0. The molecule has 2 rings (SSSR count). The van der Waals surface area contributed by atoms with E-state index in [9.17, 15) is 4.79 Å². The summed E-state index contributed by atoms with van der Waals surface area (Å²) < 4.78 is 0. The lowest BCUT2D eigenvalue weighted by atomic mass is 9.82. The average molecular weight is 217 g/mol. The highest BCUT2D eigenvalue weighted by Gasteiger charge is 2.26. The van der Waals surface area contributed by atoms with Crippen LogP contribution >= 0.6 is 0 Å². The molecule has 0 N–H and O–H groups in total. The number of benzene rings is 1. The minimum atomic E-state index is 0.0731. The van der Waals surface area contributed by atoms with Crippen molar-refractivity contribution in [1.82, 2.24) is 4.90 Å². The van der Waals surface area contributed by atoms with Crippen molar-refractivity contribution in [1.29, 1.82) is 0 Å². The van der Waals surface area contributed by atoms with E-state index in [-0.39, 0.29) is 5.92 Å². The van der Waals surface area contributed by atoms with Crippen LogP contribution in [0.1, 0.15) is 24.3 Å². The van der Waals surface area contributed by atoms with E-state index in [2.05, 4.69) is 24.1 Å². The van der Waals surface area contributed by atoms with E-state index in [4.69, 9.17) is 0 Å². The summed E-state index contributed by atoms with van der Waals surface area (Å²) in [6, 6.07) is 10.1. The fourth-order valence-corrected chi connectivity index (χ4v) is 2.64. The Morgan fingerprint density at radius 1 is 1.38 bits per heavy atom. The Hall–Kier alpha value is -1.15. The summed E-state index contributed by atoms with van der Waals surface area (Å²) in [4.78, 5) is 13.6. The number of nitrogens with zero attached hydrogens (tertiary/aromatic N) is 1. The first-order valence-corrected chi connectivity index (χ1v) is 6.00. The summed E-state index contributed by atoms with van der Waals surface area (Å²) in [6.45, 7) is 2.20. The highest BCUT2D eigenvalue weighted by Crippen LogP contribution is 2.29. The summed E-state index contributed by atoms with van der Waals surface area (Å²) in [6.07, 6.45) is 3.50. The van der Waals surface area contributed by atoms with Gasteiger partial charge >= 0.3 is 0 Å². The van der Waals surface area contributed by atoms with Crippen molar-refractivity contribution in [2.45, 2.75) is 18.8 Å². The molecule has 0 radical (unpaired) electrons. The summed E-state index contributed by atoms with van der Waals surface area (Å²) in [7, 11) is 2.14. The van der Waals surface area contributed by atoms with Crippen molar-refractivity contribution in [2.75, 3.05) is 20.1 Å². The average Bonchev–Trinajstić information content (AvgIpc) is 2.31. The lowest BCUT2D eigenvalue weighted by Gasteiger charge is -2.33. The van der Waals surface area contributed by atoms with Gasteiger partial charge in [-0.1, -0.05) is 30.3 Å². The van der Waals surface area contributed by atoms with E-state index < -0.39 is 0 Å². The van der Waals surface area contributed by atoms with Gasteiger partial charge in [0.25, 0.3) is 0 Å². The number of likely N-dealkylation sites (tertiary alicyclic amines) is 1. The molecule has 1 aliphatic rings. The van der Waals surface area contributed by atoms with Gasteiger partial charge in [-0.15, -0.1) is 0 Å². The van der Waals surface area contributed by atoms with E-state index in [1.165, 1.54) is 12.8 Å². The Morgan fingerprint density at radius 3 is 2.75 bits per heavy atom. The van der Waals surface area contributed by atoms with Crippen molar-refractivity contribution in [3.63, 3.8) is 0 Å². The fraction of sp³-hybridized carbons (Fsp3) is 0.500. The molecule has 86 valence electrons. The predicted octanol–water partition coefficient (Wildman–Crippen LogP) is 2.31. The van der Waals surface area contributed by atoms with Crippen LogP contribution in [0.15, 0.2) is 30.3 Å². The van der Waals surface area contributed by atoms with Gasteiger partial charge in [0, 0.05) is 12.5 Å². The molecule has 1 aliphatic heterocycles. The first kappa shape index (κ1) is 11.3. The summed E-state index contributed by atoms with van der Waals surface area (Å²) in [5.41, 5.74) is 1.16. The Bertz CT molecular complexity index is 336. The van der Waals surface area contributed by atoms with Crippen LogP contribution in [0.3, 0.4) is 0 Å². The van der Waals surface area contributed by atoms with Crippen LogP contribution in [0.2, 0.25) is 0 Å². The molecule has 1 aromatic carbocycles. The van der Waals surface area contributed by atoms with Crippen molar-refractivity contribution >= 4 is 6.29 Å². The van der Waals surface area contributed by atoms with Crippen LogP contribution in [0.25, 0.3) is 0 Å². The predicted molar refractivity (Wildman–Crippen MR) is 65.5 cm³/mol. The van der Waals surface area contributed by atoms with Gasteiger partial charge in [0.1, 0.15) is 6.29 Å². The van der Waals surface area contributed by atoms with Crippen molar-refractivity contribution < 1.29 is 4.79 Å². The van der Waals surface area contributed by atoms with E-state index >= 15 is 0 Å². The highest BCUT2D eigenvalue weighted by atomic mass is 16.1. The standard InChI is InChI=1S/C14H19NO/c1-15-9-5-8-13(10-15)14(11-16)12-6-3-2-4-7-12/h2-4,6-7,11,13-14H,5,8-10H2,1H3. The zero-order valence-corrected chi connectivity index (χ0v) is 9.80. The minimum Gasteiger partial charge on any atom is -0.306 e. The molecule has 0 bridgehead atoms. The van der Waals surface area contributed by atoms with Gasteiger partial charge in [0.05, 0.1) is 0 Å². The van der Waals surface area contributed by atoms with Crippen LogP contribution in [-0.4, -0.2) is 31.3 Å². The van der Waals surface area contributed by atoms with Gasteiger partial charge in [-0.25, -0.2) is 0 Å². The number of rotatable bonds is 3. The third-order valence-electron chi connectivity index (χ3n) is 3.50. The maximum atomic E-state index is 11.3. The first-order valence-electron chi connectivity index (χ1n) is 6.00. The van der Waals surface area contributed by atoms with Crippen LogP contribution in [0, 0.1) is 5.92 Å². The van der Waals surface area contributed by atoms with Crippen molar-refractivity contribution in [2.24, 2.45) is 5.92 Å². The zero-order chi connectivity index (χ0) is 11.4. The molecule has 0 aliphatic carbocycles. The minimum absolute atomic E-state index is 0.0731. The van der Waals surface area contributed by atoms with Crippen LogP contribution in [0.5, 0.6) is 0 Å². The molecule has 2 unspecified atom stereocenters. The summed E-state index contributed by atoms with van der Waals surface area (Å²) in [5.74, 6) is 0.558. The highest BCUT2D eigenvalue weighted by molar-refractivity contribution is 5.62. The Morgan fingerprint density at radius 2 is 2.12 bits per heavy atom. The molecule has 1 saturated heterocycles. The molecule has 1 aromatic rings. The Balaban J connectivity index is 2.13. The number of hydrogen-bond donors (Lipinski definition) is 0. The van der Waals surface area contributed by atoms with Crippen LogP contribution < -0.4 is 0 Å². The maximum absolute atomic E-state index is 11.3. The molecule has 1 heterocycles. The molecule has 0 saturated carbocycles. The quantitative estimate of drug-likeness (QED) is 0.724.